The predicted octanol–water partition coefficient (Wildman–Crippen LogP) is 7.73. The summed E-state index contributed by atoms with van der Waals surface area (Å²) < 4.78 is 42.7. The molecule has 0 aliphatic heterocycles. The van der Waals surface area contributed by atoms with Gasteiger partial charge >= 0.3 is 0 Å². The summed E-state index contributed by atoms with van der Waals surface area (Å²) in [5, 5.41) is 0. The van der Waals surface area contributed by atoms with E-state index in [-0.39, 0.29) is 12.0 Å². The number of aryl methyl sites for hydroxylation is 1. The molecule has 0 aromatic heterocycles. The van der Waals surface area contributed by atoms with E-state index in [4.69, 9.17) is 14.2 Å². The third-order valence-electron chi connectivity index (χ3n) is 7.79. The first-order valence-corrected chi connectivity index (χ1v) is 16.1. The molecule has 42 heavy (non-hydrogen) atoms. The van der Waals surface area contributed by atoms with Gasteiger partial charge in [0.2, 0.25) is 0 Å². The lowest BCUT2D eigenvalue weighted by Crippen LogP contribution is -2.13. The minimum Gasteiger partial charge on any atom is -0.489 e. The Hall–Kier alpha value is -3.71. The Morgan fingerprint density at radius 3 is 2.12 bits per heavy atom. The fourth-order valence-corrected chi connectivity index (χ4v) is 6.91. The van der Waals surface area contributed by atoms with Crippen molar-refractivity contribution in [3.63, 3.8) is 0 Å². The number of unbranched alkanes of at least 4 members (excludes halogenated alkanes) is 1. The predicted molar refractivity (Wildman–Crippen MR) is 168 cm³/mol. The second-order valence-electron chi connectivity index (χ2n) is 10.6. The molecule has 5 rings (SSSR count). The number of sulfone groups is 1. The van der Waals surface area contributed by atoms with Crippen LogP contribution < -0.4 is 4.74 Å². The number of allylic oxidation sites excluding steroid dienone is 1. The van der Waals surface area contributed by atoms with Crippen molar-refractivity contribution in [3.05, 3.63) is 131 Å². The normalized spacial score (nSPS) is 13.3. The average Bonchev–Trinajstić information content (AvgIpc) is 3.04. The van der Waals surface area contributed by atoms with E-state index in [0.717, 1.165) is 40.9 Å². The van der Waals surface area contributed by atoms with Crippen molar-refractivity contribution in [2.24, 2.45) is 0 Å². The summed E-state index contributed by atoms with van der Waals surface area (Å²) in [7, 11) is -0.211. The fourth-order valence-electron chi connectivity index (χ4n) is 5.54. The third-order valence-corrected chi connectivity index (χ3v) is 9.61. The molecule has 0 saturated heterocycles. The van der Waals surface area contributed by atoms with Gasteiger partial charge in [0.1, 0.15) is 12.4 Å². The second-order valence-corrected chi connectivity index (χ2v) is 12.7. The van der Waals surface area contributed by atoms with E-state index in [1.54, 1.807) is 26.4 Å². The minimum atomic E-state index is -3.39. The lowest BCUT2D eigenvalue weighted by molar-refractivity contribution is -0.106. The van der Waals surface area contributed by atoms with Crippen molar-refractivity contribution in [3.8, 4) is 5.75 Å². The SMILES string of the molecule is COC(CCCCS(=O)(=O)c1ccc(C2=C(c3ccccc3)CCc3cc(OCc4ccccc4)ccc32)cc1)OC. The highest BCUT2D eigenvalue weighted by atomic mass is 32.2. The van der Waals surface area contributed by atoms with Gasteiger partial charge in [-0.1, -0.05) is 78.9 Å². The molecule has 4 aromatic carbocycles. The van der Waals surface area contributed by atoms with Gasteiger partial charge in [-0.15, -0.1) is 0 Å². The smallest absolute Gasteiger partial charge is 0.178 e. The molecule has 0 atom stereocenters. The van der Waals surface area contributed by atoms with Gasteiger partial charge in [0.05, 0.1) is 10.6 Å². The summed E-state index contributed by atoms with van der Waals surface area (Å²) in [6.45, 7) is 0.521. The van der Waals surface area contributed by atoms with Gasteiger partial charge < -0.3 is 14.2 Å². The molecule has 0 N–H and O–H groups in total. The van der Waals surface area contributed by atoms with Crippen LogP contribution in [0.5, 0.6) is 5.75 Å². The van der Waals surface area contributed by atoms with Gasteiger partial charge in [-0.3, -0.25) is 0 Å². The molecule has 0 spiro atoms. The fraction of sp³-hybridized carbons (Fsp3) is 0.278. The lowest BCUT2D eigenvalue weighted by atomic mass is 9.79. The molecule has 1 aliphatic rings. The Kier molecular flexibility index (Phi) is 9.90. The zero-order valence-corrected chi connectivity index (χ0v) is 25.1. The topological polar surface area (TPSA) is 61.8 Å². The summed E-state index contributed by atoms with van der Waals surface area (Å²) in [6.07, 6.45) is 3.42. The Bertz CT molecular complexity index is 1590. The van der Waals surface area contributed by atoms with Gasteiger partial charge in [-0.05, 0) is 95.3 Å². The van der Waals surface area contributed by atoms with Crippen molar-refractivity contribution < 1.29 is 22.6 Å². The molecule has 1 aliphatic carbocycles. The summed E-state index contributed by atoms with van der Waals surface area (Å²) in [5.41, 5.74) is 8.13. The number of fused-ring (bicyclic) bond motifs is 1. The van der Waals surface area contributed by atoms with E-state index in [1.807, 2.05) is 42.5 Å². The van der Waals surface area contributed by atoms with Gasteiger partial charge in [-0.2, -0.15) is 0 Å². The highest BCUT2D eigenvalue weighted by Crippen LogP contribution is 2.42. The van der Waals surface area contributed by atoms with Crippen LogP contribution in [0.2, 0.25) is 0 Å². The van der Waals surface area contributed by atoms with Gasteiger partial charge in [0.25, 0.3) is 0 Å². The van der Waals surface area contributed by atoms with Gasteiger partial charge in [-0.25, -0.2) is 8.42 Å². The molecule has 0 radical (unpaired) electrons. The van der Waals surface area contributed by atoms with Crippen molar-refractivity contribution in [1.82, 2.24) is 0 Å². The number of hydrogen-bond donors (Lipinski definition) is 0. The molecule has 0 amide bonds. The first-order chi connectivity index (χ1) is 20.5. The molecule has 0 heterocycles. The maximum absolute atomic E-state index is 13.1. The number of ether oxygens (including phenoxy) is 3. The number of methoxy groups -OCH3 is 2. The van der Waals surface area contributed by atoms with Crippen LogP contribution in [-0.2, 0) is 32.3 Å². The molecule has 0 saturated carbocycles. The summed E-state index contributed by atoms with van der Waals surface area (Å²) in [6, 6.07) is 34.3. The second kappa shape index (κ2) is 14.0. The number of benzene rings is 4. The quantitative estimate of drug-likeness (QED) is 0.119. The molecular formula is C36H38O5S. The monoisotopic (exact) mass is 582 g/mol. The number of rotatable bonds is 13. The Labute approximate surface area is 249 Å². The molecule has 5 nitrogen and oxygen atoms in total. The molecule has 0 unspecified atom stereocenters. The van der Waals surface area contributed by atoms with Crippen molar-refractivity contribution >= 4 is 21.0 Å². The maximum Gasteiger partial charge on any atom is 0.178 e. The zero-order valence-electron chi connectivity index (χ0n) is 24.3. The van der Waals surface area contributed by atoms with Crippen molar-refractivity contribution in [2.45, 2.75) is 49.9 Å². The van der Waals surface area contributed by atoms with E-state index in [9.17, 15) is 8.42 Å². The Morgan fingerprint density at radius 1 is 0.738 bits per heavy atom. The molecule has 4 aromatic rings. The van der Waals surface area contributed by atoms with Crippen LogP contribution in [0.15, 0.2) is 108 Å². The highest BCUT2D eigenvalue weighted by molar-refractivity contribution is 7.91. The van der Waals surface area contributed by atoms with E-state index >= 15 is 0 Å². The van der Waals surface area contributed by atoms with Crippen LogP contribution in [0, 0.1) is 0 Å². The van der Waals surface area contributed by atoms with Crippen LogP contribution in [0.3, 0.4) is 0 Å². The maximum atomic E-state index is 13.1. The first kappa shape index (κ1) is 29.8. The van der Waals surface area contributed by atoms with Crippen molar-refractivity contribution in [1.29, 1.82) is 0 Å². The standard InChI is InChI=1S/C36H38O5S/c1-39-35(40-2)15-9-10-24-42(37,38)32-20-16-29(17-21-32)36-33(28-13-7-4-8-14-28)22-18-30-25-31(19-23-34(30)36)41-26-27-11-5-3-6-12-27/h3-8,11-14,16-17,19-21,23,25,35H,9-10,15,18,22,24,26H2,1-2H3. The lowest BCUT2D eigenvalue weighted by Gasteiger charge is -2.25. The van der Waals surface area contributed by atoms with Crippen LogP contribution in [0.25, 0.3) is 11.1 Å². The highest BCUT2D eigenvalue weighted by Gasteiger charge is 2.23. The zero-order chi connectivity index (χ0) is 29.4. The summed E-state index contributed by atoms with van der Waals surface area (Å²) in [5.74, 6) is 0.947. The molecule has 6 heteroatoms. The third kappa shape index (κ3) is 7.19. The Balaban J connectivity index is 1.40. The average molecular weight is 583 g/mol. The van der Waals surface area contributed by atoms with Crippen LogP contribution in [0.4, 0.5) is 0 Å². The molecular weight excluding hydrogens is 544 g/mol. The van der Waals surface area contributed by atoms with Gasteiger partial charge in [0.15, 0.2) is 16.1 Å². The largest absolute Gasteiger partial charge is 0.489 e. The van der Waals surface area contributed by atoms with Crippen LogP contribution in [-0.4, -0.2) is 34.7 Å². The van der Waals surface area contributed by atoms with E-state index in [2.05, 4.69) is 48.5 Å². The minimum absolute atomic E-state index is 0.0963. The van der Waals surface area contributed by atoms with Crippen LogP contribution in [0.1, 0.15) is 53.5 Å². The van der Waals surface area contributed by atoms with Crippen LogP contribution >= 0.6 is 0 Å². The number of hydrogen-bond acceptors (Lipinski definition) is 5. The van der Waals surface area contributed by atoms with Crippen molar-refractivity contribution in [2.75, 3.05) is 20.0 Å². The van der Waals surface area contributed by atoms with E-state index in [0.29, 0.717) is 30.8 Å². The molecule has 0 fully saturated rings. The Morgan fingerprint density at radius 2 is 1.43 bits per heavy atom. The summed E-state index contributed by atoms with van der Waals surface area (Å²) >= 11 is 0. The first-order valence-electron chi connectivity index (χ1n) is 14.5. The molecule has 0 bridgehead atoms. The van der Waals surface area contributed by atoms with Gasteiger partial charge in [0, 0.05) is 14.2 Å². The summed E-state index contributed by atoms with van der Waals surface area (Å²) in [4.78, 5) is 0.351. The molecule has 218 valence electrons. The van der Waals surface area contributed by atoms with E-state index < -0.39 is 9.84 Å². The van der Waals surface area contributed by atoms with E-state index in [1.165, 1.54) is 16.7 Å².